The Hall–Kier alpha value is -2.94. The number of carbonyl (C=O) groups is 1. The van der Waals surface area contributed by atoms with E-state index in [1.807, 2.05) is 30.3 Å². The molecule has 6 nitrogen and oxygen atoms in total. The number of benzene rings is 2. The zero-order valence-electron chi connectivity index (χ0n) is 17.2. The number of alkyl halides is 3. The minimum Gasteiger partial charge on any atom is -0.493 e. The predicted molar refractivity (Wildman–Crippen MR) is 106 cm³/mol. The van der Waals surface area contributed by atoms with Crippen LogP contribution in [0.15, 0.2) is 42.5 Å². The van der Waals surface area contributed by atoms with Crippen molar-refractivity contribution in [2.75, 3.05) is 34.9 Å². The number of carbonyl (C=O) groups excluding carboxylic acids is 1. The Balaban J connectivity index is 2.21. The lowest BCUT2D eigenvalue weighted by molar-refractivity contribution is -0.163. The maximum absolute atomic E-state index is 13.8. The van der Waals surface area contributed by atoms with Gasteiger partial charge in [0.25, 0.3) is 0 Å². The Morgan fingerprint density at radius 1 is 1.03 bits per heavy atom. The largest absolute Gasteiger partial charge is 0.493 e. The first-order valence-electron chi connectivity index (χ1n) is 9.08. The van der Waals surface area contributed by atoms with Crippen molar-refractivity contribution in [2.24, 2.45) is 0 Å². The van der Waals surface area contributed by atoms with Crippen LogP contribution in [0.25, 0.3) is 0 Å². The van der Waals surface area contributed by atoms with Gasteiger partial charge in [0.1, 0.15) is 0 Å². The molecule has 0 aliphatic carbocycles. The Labute approximate surface area is 173 Å². The highest BCUT2D eigenvalue weighted by Crippen LogP contribution is 2.42. The maximum Gasteiger partial charge on any atom is 0.412 e. The fourth-order valence-corrected chi connectivity index (χ4v) is 3.02. The molecule has 1 amide bonds. The number of methoxy groups -OCH3 is 3. The molecule has 0 saturated heterocycles. The van der Waals surface area contributed by atoms with Gasteiger partial charge in [-0.2, -0.15) is 13.2 Å². The van der Waals surface area contributed by atoms with Crippen LogP contribution in [0, 0.1) is 0 Å². The monoisotopic (exact) mass is 426 g/mol. The van der Waals surface area contributed by atoms with Crippen molar-refractivity contribution < 1.29 is 32.2 Å². The van der Waals surface area contributed by atoms with Crippen LogP contribution in [0.3, 0.4) is 0 Å². The first-order valence-corrected chi connectivity index (χ1v) is 9.08. The van der Waals surface area contributed by atoms with E-state index in [0.29, 0.717) is 6.54 Å². The van der Waals surface area contributed by atoms with Crippen molar-refractivity contribution in [3.63, 3.8) is 0 Å². The molecule has 1 N–H and O–H groups in total. The fraction of sp³-hybridized carbons (Fsp3) is 0.381. The molecule has 30 heavy (non-hydrogen) atoms. The van der Waals surface area contributed by atoms with Crippen molar-refractivity contribution >= 4 is 5.91 Å². The van der Waals surface area contributed by atoms with Gasteiger partial charge >= 0.3 is 6.18 Å². The molecule has 0 bridgehead atoms. The van der Waals surface area contributed by atoms with Crippen LogP contribution in [0.4, 0.5) is 13.2 Å². The molecular formula is C21H25F3N2O4. The molecule has 2 aromatic carbocycles. The minimum absolute atomic E-state index is 0.0662. The Morgan fingerprint density at radius 2 is 1.60 bits per heavy atom. The number of ether oxygens (including phenoxy) is 3. The summed E-state index contributed by atoms with van der Waals surface area (Å²) in [5, 5.41) is 2.07. The minimum atomic E-state index is -4.72. The third-order valence-electron chi connectivity index (χ3n) is 4.36. The summed E-state index contributed by atoms with van der Waals surface area (Å²) in [4.78, 5) is 14.0. The molecular weight excluding hydrogens is 401 g/mol. The van der Waals surface area contributed by atoms with Crippen LogP contribution in [-0.2, 0) is 11.3 Å². The van der Waals surface area contributed by atoms with Crippen LogP contribution >= 0.6 is 0 Å². The molecule has 0 aromatic heterocycles. The SMILES string of the molecule is COc1cc(C(NC(=O)CN(C)Cc2ccccc2)C(F)(F)F)cc(OC)c1OC. The number of halogens is 3. The van der Waals surface area contributed by atoms with E-state index >= 15 is 0 Å². The highest BCUT2D eigenvalue weighted by atomic mass is 19.4. The lowest BCUT2D eigenvalue weighted by Crippen LogP contribution is -2.42. The van der Waals surface area contributed by atoms with E-state index in [9.17, 15) is 18.0 Å². The molecule has 1 unspecified atom stereocenters. The highest BCUT2D eigenvalue weighted by Gasteiger charge is 2.42. The molecule has 0 radical (unpaired) electrons. The quantitative estimate of drug-likeness (QED) is 0.665. The number of likely N-dealkylation sites (N-methyl/N-ethyl adjacent to an activating group) is 1. The average molecular weight is 426 g/mol. The van der Waals surface area contributed by atoms with Gasteiger partial charge in [0.05, 0.1) is 27.9 Å². The average Bonchev–Trinajstić information content (AvgIpc) is 2.70. The third kappa shape index (κ3) is 6.03. The number of amides is 1. The number of hydrogen-bond donors (Lipinski definition) is 1. The Kier molecular flexibility index (Phi) is 7.93. The van der Waals surface area contributed by atoms with Crippen molar-refractivity contribution in [1.29, 1.82) is 0 Å². The molecule has 1 atom stereocenters. The van der Waals surface area contributed by atoms with Crippen molar-refractivity contribution in [2.45, 2.75) is 18.8 Å². The zero-order valence-corrected chi connectivity index (χ0v) is 17.2. The van der Waals surface area contributed by atoms with E-state index in [1.54, 1.807) is 11.9 Å². The first-order chi connectivity index (χ1) is 14.2. The molecule has 2 aromatic rings. The van der Waals surface area contributed by atoms with Crippen molar-refractivity contribution in [1.82, 2.24) is 10.2 Å². The van der Waals surface area contributed by atoms with Gasteiger partial charge in [-0.25, -0.2) is 0 Å². The third-order valence-corrected chi connectivity index (χ3v) is 4.36. The van der Waals surface area contributed by atoms with E-state index in [-0.39, 0.29) is 29.4 Å². The number of rotatable bonds is 9. The predicted octanol–water partition coefficient (Wildman–Crippen LogP) is 3.56. The van der Waals surface area contributed by atoms with Gasteiger partial charge in [-0.05, 0) is 30.3 Å². The number of nitrogens with zero attached hydrogens (tertiary/aromatic N) is 1. The second kappa shape index (κ2) is 10.2. The van der Waals surface area contributed by atoms with E-state index in [1.165, 1.54) is 33.5 Å². The molecule has 0 aliphatic heterocycles. The summed E-state index contributed by atoms with van der Waals surface area (Å²) >= 11 is 0. The fourth-order valence-electron chi connectivity index (χ4n) is 3.02. The maximum atomic E-state index is 13.8. The van der Waals surface area contributed by atoms with Gasteiger partial charge in [0, 0.05) is 6.54 Å². The van der Waals surface area contributed by atoms with E-state index in [0.717, 1.165) is 5.56 Å². The molecule has 0 aliphatic rings. The van der Waals surface area contributed by atoms with Crippen LogP contribution in [0.2, 0.25) is 0 Å². The Bertz CT molecular complexity index is 819. The summed E-state index contributed by atoms with van der Waals surface area (Å²) in [6.45, 7) is 0.223. The normalized spacial score (nSPS) is 12.4. The number of hydrogen-bond acceptors (Lipinski definition) is 5. The highest BCUT2D eigenvalue weighted by molar-refractivity contribution is 5.78. The molecule has 0 saturated carbocycles. The standard InChI is InChI=1S/C21H25F3N2O4/c1-26(12-14-8-6-5-7-9-14)13-18(27)25-20(21(22,23)24)15-10-16(28-2)19(30-4)17(11-15)29-3/h5-11,20H,12-13H2,1-4H3,(H,25,27). The van der Waals surface area contributed by atoms with E-state index in [4.69, 9.17) is 14.2 Å². The smallest absolute Gasteiger partial charge is 0.412 e. The second-order valence-corrected chi connectivity index (χ2v) is 6.66. The molecule has 2 rings (SSSR count). The molecule has 0 heterocycles. The van der Waals surface area contributed by atoms with Gasteiger partial charge in [-0.3, -0.25) is 9.69 Å². The molecule has 164 valence electrons. The molecule has 0 spiro atoms. The van der Waals surface area contributed by atoms with Crippen molar-refractivity contribution in [3.05, 3.63) is 53.6 Å². The summed E-state index contributed by atoms with van der Waals surface area (Å²) in [6.07, 6.45) is -4.72. The second-order valence-electron chi connectivity index (χ2n) is 6.66. The summed E-state index contributed by atoms with van der Waals surface area (Å²) in [5.74, 6) is -0.462. The van der Waals surface area contributed by atoms with E-state index < -0.39 is 18.1 Å². The lowest BCUT2D eigenvalue weighted by Gasteiger charge is -2.25. The summed E-state index contributed by atoms with van der Waals surface area (Å²) < 4.78 is 56.7. The van der Waals surface area contributed by atoms with Gasteiger partial charge in [0.15, 0.2) is 17.5 Å². The summed E-state index contributed by atoms with van der Waals surface area (Å²) in [7, 11) is 5.63. The molecule has 9 heteroatoms. The van der Waals surface area contributed by atoms with Crippen LogP contribution in [0.5, 0.6) is 17.2 Å². The first kappa shape index (κ1) is 23.3. The van der Waals surface area contributed by atoms with Gasteiger partial charge < -0.3 is 19.5 Å². The molecule has 0 fully saturated rings. The van der Waals surface area contributed by atoms with Crippen LogP contribution in [-0.4, -0.2) is 51.9 Å². The summed E-state index contributed by atoms with van der Waals surface area (Å²) in [6, 6.07) is 9.44. The van der Waals surface area contributed by atoms with Gasteiger partial charge in [-0.15, -0.1) is 0 Å². The number of nitrogens with one attached hydrogen (secondary N) is 1. The lowest BCUT2D eigenvalue weighted by atomic mass is 10.0. The van der Waals surface area contributed by atoms with Crippen LogP contribution in [0.1, 0.15) is 17.2 Å². The van der Waals surface area contributed by atoms with Gasteiger partial charge in [-0.1, -0.05) is 30.3 Å². The Morgan fingerprint density at radius 3 is 2.07 bits per heavy atom. The topological polar surface area (TPSA) is 60.0 Å². The summed E-state index contributed by atoms with van der Waals surface area (Å²) in [5.41, 5.74) is 0.723. The van der Waals surface area contributed by atoms with Crippen molar-refractivity contribution in [3.8, 4) is 17.2 Å². The van der Waals surface area contributed by atoms with E-state index in [2.05, 4.69) is 5.32 Å². The zero-order chi connectivity index (χ0) is 22.3. The van der Waals surface area contributed by atoms with Gasteiger partial charge in [0.2, 0.25) is 11.7 Å². The van der Waals surface area contributed by atoms with Crippen LogP contribution < -0.4 is 19.5 Å².